The van der Waals surface area contributed by atoms with E-state index in [-0.39, 0.29) is 0 Å². The van der Waals surface area contributed by atoms with Gasteiger partial charge >= 0.3 is 0 Å². The van der Waals surface area contributed by atoms with E-state index in [1.165, 1.54) is 4.31 Å². The molecule has 0 aromatic rings. The van der Waals surface area contributed by atoms with Gasteiger partial charge in [-0.15, -0.1) is 0 Å². The molecule has 0 aromatic heterocycles. The molecule has 0 spiro atoms. The molecule has 0 bridgehead atoms. The lowest BCUT2D eigenvalue weighted by atomic mass is 10.4. The van der Waals surface area contributed by atoms with Crippen molar-refractivity contribution in [2.45, 2.75) is 0 Å². The zero-order valence-electron chi connectivity index (χ0n) is 7.49. The Morgan fingerprint density at radius 3 is 2.54 bits per heavy atom. The van der Waals surface area contributed by atoms with Crippen molar-refractivity contribution in [2.24, 2.45) is 5.73 Å². The molecule has 0 radical (unpaired) electrons. The molecule has 1 heterocycles. The quantitative estimate of drug-likeness (QED) is 0.484. The van der Waals surface area contributed by atoms with Gasteiger partial charge in [0.05, 0.1) is 0 Å². The SMILES string of the molecule is NCCNS(=O)(=O)N1CCNCC1. The van der Waals surface area contributed by atoms with E-state index < -0.39 is 10.2 Å². The van der Waals surface area contributed by atoms with Gasteiger partial charge < -0.3 is 11.1 Å². The molecule has 13 heavy (non-hydrogen) atoms. The smallest absolute Gasteiger partial charge is 0.279 e. The Kier molecular flexibility index (Phi) is 4.07. The molecule has 0 atom stereocenters. The summed E-state index contributed by atoms with van der Waals surface area (Å²) in [4.78, 5) is 0. The molecule has 0 amide bonds. The third-order valence-electron chi connectivity index (χ3n) is 1.84. The van der Waals surface area contributed by atoms with Gasteiger partial charge in [-0.25, -0.2) is 4.72 Å². The highest BCUT2D eigenvalue weighted by molar-refractivity contribution is 7.87. The van der Waals surface area contributed by atoms with E-state index in [1.54, 1.807) is 0 Å². The summed E-state index contributed by atoms with van der Waals surface area (Å²) < 4.78 is 26.8. The Labute approximate surface area is 78.7 Å². The standard InChI is InChI=1S/C6H16N4O2S/c7-1-2-9-13(11,12)10-5-3-8-4-6-10/h8-9H,1-7H2. The molecule has 7 heteroatoms. The van der Waals surface area contributed by atoms with Crippen LogP contribution in [-0.4, -0.2) is 52.0 Å². The normalized spacial score (nSPS) is 20.4. The largest absolute Gasteiger partial charge is 0.329 e. The van der Waals surface area contributed by atoms with Crippen molar-refractivity contribution in [3.05, 3.63) is 0 Å². The van der Waals surface area contributed by atoms with E-state index in [1.807, 2.05) is 0 Å². The van der Waals surface area contributed by atoms with Gasteiger partial charge in [0.15, 0.2) is 0 Å². The van der Waals surface area contributed by atoms with Crippen LogP contribution in [0.1, 0.15) is 0 Å². The minimum absolute atomic E-state index is 0.298. The Morgan fingerprint density at radius 1 is 1.38 bits per heavy atom. The zero-order chi connectivity index (χ0) is 9.73. The Balaban J connectivity index is 2.47. The van der Waals surface area contributed by atoms with Gasteiger partial charge in [0, 0.05) is 39.3 Å². The van der Waals surface area contributed by atoms with Gasteiger partial charge in [0.25, 0.3) is 10.2 Å². The molecule has 0 aliphatic carbocycles. The summed E-state index contributed by atoms with van der Waals surface area (Å²) in [5, 5.41) is 3.08. The predicted octanol–water partition coefficient (Wildman–Crippen LogP) is -2.32. The van der Waals surface area contributed by atoms with Crippen LogP contribution in [0.5, 0.6) is 0 Å². The second kappa shape index (κ2) is 4.87. The zero-order valence-corrected chi connectivity index (χ0v) is 8.31. The van der Waals surface area contributed by atoms with Crippen molar-refractivity contribution < 1.29 is 8.42 Å². The molecular formula is C6H16N4O2S. The summed E-state index contributed by atoms with van der Waals surface area (Å²) in [6.45, 7) is 3.10. The maximum atomic E-state index is 11.5. The molecule has 78 valence electrons. The molecule has 1 saturated heterocycles. The fourth-order valence-corrected chi connectivity index (χ4v) is 2.39. The van der Waals surface area contributed by atoms with E-state index in [0.717, 1.165) is 0 Å². The van der Waals surface area contributed by atoms with Crippen molar-refractivity contribution in [2.75, 3.05) is 39.3 Å². The summed E-state index contributed by atoms with van der Waals surface area (Å²) in [5.74, 6) is 0. The summed E-state index contributed by atoms with van der Waals surface area (Å²) >= 11 is 0. The summed E-state index contributed by atoms with van der Waals surface area (Å²) in [6.07, 6.45) is 0. The monoisotopic (exact) mass is 208 g/mol. The van der Waals surface area contributed by atoms with Crippen molar-refractivity contribution in [1.29, 1.82) is 0 Å². The van der Waals surface area contributed by atoms with Crippen molar-refractivity contribution >= 4 is 10.2 Å². The van der Waals surface area contributed by atoms with E-state index in [2.05, 4.69) is 10.0 Å². The lowest BCUT2D eigenvalue weighted by Gasteiger charge is -2.26. The van der Waals surface area contributed by atoms with E-state index in [9.17, 15) is 8.42 Å². The summed E-state index contributed by atoms with van der Waals surface area (Å²) in [5.41, 5.74) is 5.21. The number of nitrogens with zero attached hydrogens (tertiary/aromatic N) is 1. The molecule has 1 aliphatic rings. The number of nitrogens with two attached hydrogens (primary N) is 1. The summed E-state index contributed by atoms with van der Waals surface area (Å²) in [6, 6.07) is 0. The van der Waals surface area contributed by atoms with Crippen LogP contribution < -0.4 is 15.8 Å². The number of nitrogens with one attached hydrogen (secondary N) is 2. The van der Waals surface area contributed by atoms with Gasteiger partial charge in [-0.2, -0.15) is 12.7 Å². The molecule has 0 saturated carbocycles. The first-order chi connectivity index (χ1) is 6.17. The average Bonchev–Trinajstić information content (AvgIpc) is 2.16. The second-order valence-corrected chi connectivity index (χ2v) is 4.59. The van der Waals surface area contributed by atoms with E-state index >= 15 is 0 Å². The Bertz CT molecular complexity index is 235. The molecule has 0 unspecified atom stereocenters. The minimum atomic E-state index is -3.28. The summed E-state index contributed by atoms with van der Waals surface area (Å²) in [7, 11) is -3.28. The number of hydrogen-bond acceptors (Lipinski definition) is 4. The van der Waals surface area contributed by atoms with Crippen molar-refractivity contribution in [3.63, 3.8) is 0 Å². The molecular weight excluding hydrogens is 192 g/mol. The fourth-order valence-electron chi connectivity index (χ4n) is 1.16. The first-order valence-corrected chi connectivity index (χ1v) is 5.76. The van der Waals surface area contributed by atoms with Gasteiger partial charge in [0.2, 0.25) is 0 Å². The van der Waals surface area contributed by atoms with Gasteiger partial charge in [-0.3, -0.25) is 0 Å². The van der Waals surface area contributed by atoms with Gasteiger partial charge in [0.1, 0.15) is 0 Å². The molecule has 6 nitrogen and oxygen atoms in total. The highest BCUT2D eigenvalue weighted by Gasteiger charge is 2.22. The van der Waals surface area contributed by atoms with Gasteiger partial charge in [-0.05, 0) is 0 Å². The molecule has 1 fully saturated rings. The topological polar surface area (TPSA) is 87.5 Å². The number of rotatable bonds is 4. The lowest BCUT2D eigenvalue weighted by Crippen LogP contribution is -2.51. The van der Waals surface area contributed by atoms with Crippen molar-refractivity contribution in [1.82, 2.24) is 14.3 Å². The van der Waals surface area contributed by atoms with E-state index in [0.29, 0.717) is 39.3 Å². The fraction of sp³-hybridized carbons (Fsp3) is 1.00. The molecule has 0 aromatic carbocycles. The first kappa shape index (κ1) is 10.9. The Hall–Kier alpha value is -0.210. The Morgan fingerprint density at radius 2 is 2.00 bits per heavy atom. The first-order valence-electron chi connectivity index (χ1n) is 4.32. The molecule has 4 N–H and O–H groups in total. The minimum Gasteiger partial charge on any atom is -0.329 e. The second-order valence-electron chi connectivity index (χ2n) is 2.84. The van der Waals surface area contributed by atoms with Crippen molar-refractivity contribution in [3.8, 4) is 0 Å². The third-order valence-corrected chi connectivity index (χ3v) is 3.46. The van der Waals surface area contributed by atoms with Crippen LogP contribution in [0.25, 0.3) is 0 Å². The van der Waals surface area contributed by atoms with Crippen LogP contribution in [0, 0.1) is 0 Å². The van der Waals surface area contributed by atoms with Gasteiger partial charge in [-0.1, -0.05) is 0 Å². The van der Waals surface area contributed by atoms with Crippen LogP contribution >= 0.6 is 0 Å². The lowest BCUT2D eigenvalue weighted by molar-refractivity contribution is 0.355. The number of piperazine rings is 1. The third kappa shape index (κ3) is 3.20. The molecule has 1 rings (SSSR count). The van der Waals surface area contributed by atoms with Crippen LogP contribution in [0.15, 0.2) is 0 Å². The average molecular weight is 208 g/mol. The molecule has 1 aliphatic heterocycles. The number of hydrogen-bond donors (Lipinski definition) is 3. The highest BCUT2D eigenvalue weighted by Crippen LogP contribution is 1.98. The predicted molar refractivity (Wildman–Crippen MR) is 50.4 cm³/mol. The van der Waals surface area contributed by atoms with Crippen LogP contribution in [-0.2, 0) is 10.2 Å². The van der Waals surface area contributed by atoms with Crippen LogP contribution in [0.2, 0.25) is 0 Å². The van der Waals surface area contributed by atoms with E-state index in [4.69, 9.17) is 5.73 Å². The maximum Gasteiger partial charge on any atom is 0.279 e. The highest BCUT2D eigenvalue weighted by atomic mass is 32.2. The van der Waals surface area contributed by atoms with Crippen LogP contribution in [0.3, 0.4) is 0 Å². The maximum absolute atomic E-state index is 11.5. The van der Waals surface area contributed by atoms with Crippen LogP contribution in [0.4, 0.5) is 0 Å².